The first kappa shape index (κ1) is 26.7. The van der Waals surface area contributed by atoms with Crippen LogP contribution in [-0.4, -0.2) is 30.9 Å². The summed E-state index contributed by atoms with van der Waals surface area (Å²) >= 11 is 0. The molecule has 4 aliphatic carbocycles. The Morgan fingerprint density at radius 1 is 0.857 bits per heavy atom. The van der Waals surface area contributed by atoms with E-state index in [0.29, 0.717) is 30.1 Å². The number of fused-ring (bicyclic) bond motifs is 5. The largest absolute Gasteiger partial charge is 0.463 e. The average molecular weight is 489 g/mol. The third kappa shape index (κ3) is 3.89. The van der Waals surface area contributed by atoms with Gasteiger partial charge in [0.05, 0.1) is 7.11 Å². The summed E-state index contributed by atoms with van der Waals surface area (Å²) in [6.07, 6.45) is 9.66. The van der Waals surface area contributed by atoms with E-state index in [1.165, 1.54) is 39.2 Å². The number of ketones is 1. The maximum absolute atomic E-state index is 12.4. The molecular formula is C30H48O5. The van der Waals surface area contributed by atoms with E-state index in [1.54, 1.807) is 6.92 Å². The van der Waals surface area contributed by atoms with Gasteiger partial charge in [-0.05, 0) is 97.2 Å². The molecule has 0 amide bonds. The van der Waals surface area contributed by atoms with Gasteiger partial charge in [-0.15, -0.1) is 0 Å². The third-order valence-electron chi connectivity index (χ3n) is 12.4. The molecule has 9 atom stereocenters. The Kier molecular flexibility index (Phi) is 6.76. The molecule has 4 aliphatic rings. The Morgan fingerprint density at radius 2 is 1.51 bits per heavy atom. The zero-order valence-corrected chi connectivity index (χ0v) is 23.4. The lowest BCUT2D eigenvalue weighted by Crippen LogP contribution is -2.62. The highest BCUT2D eigenvalue weighted by Gasteiger charge is 2.67. The molecule has 35 heavy (non-hydrogen) atoms. The molecule has 0 bridgehead atoms. The molecular weight excluding hydrogens is 440 g/mol. The van der Waals surface area contributed by atoms with Crippen molar-refractivity contribution in [3.8, 4) is 0 Å². The second-order valence-electron chi connectivity index (χ2n) is 13.9. The van der Waals surface area contributed by atoms with Crippen molar-refractivity contribution in [2.75, 3.05) is 7.11 Å². The number of carbonyl (C=O) groups excluding carboxylic acids is 3. The van der Waals surface area contributed by atoms with Crippen molar-refractivity contribution < 1.29 is 23.9 Å². The summed E-state index contributed by atoms with van der Waals surface area (Å²) < 4.78 is 10.5. The molecule has 198 valence electrons. The number of methoxy groups -OCH3 is 1. The SMILES string of the molecule is COC(=O)C(=O)C[C@@H](C)C1CC[C@@]2(C)C3CCC4C(C)(C)[C@@H](OC(C)=O)CC[C@]4(C)C3CC[C@]12C. The Morgan fingerprint density at radius 3 is 2.14 bits per heavy atom. The van der Waals surface area contributed by atoms with Crippen LogP contribution in [0, 0.1) is 51.2 Å². The van der Waals surface area contributed by atoms with E-state index in [1.807, 2.05) is 0 Å². The third-order valence-corrected chi connectivity index (χ3v) is 12.4. The lowest BCUT2D eigenvalue weighted by Gasteiger charge is -2.67. The van der Waals surface area contributed by atoms with Gasteiger partial charge in [-0.1, -0.05) is 41.5 Å². The van der Waals surface area contributed by atoms with Crippen LogP contribution in [0.25, 0.3) is 0 Å². The van der Waals surface area contributed by atoms with E-state index in [4.69, 9.17) is 4.74 Å². The fourth-order valence-corrected chi connectivity index (χ4v) is 10.5. The van der Waals surface area contributed by atoms with Gasteiger partial charge < -0.3 is 9.47 Å². The van der Waals surface area contributed by atoms with Crippen LogP contribution in [0.3, 0.4) is 0 Å². The Labute approximate surface area is 212 Å². The first-order chi connectivity index (χ1) is 16.2. The van der Waals surface area contributed by atoms with Crippen LogP contribution in [0.1, 0.15) is 106 Å². The minimum Gasteiger partial charge on any atom is -0.463 e. The van der Waals surface area contributed by atoms with Crippen LogP contribution in [0.5, 0.6) is 0 Å². The number of carbonyl (C=O) groups is 3. The van der Waals surface area contributed by atoms with E-state index >= 15 is 0 Å². The van der Waals surface area contributed by atoms with Gasteiger partial charge in [0.2, 0.25) is 5.78 Å². The lowest BCUT2D eigenvalue weighted by molar-refractivity contribution is -0.209. The monoisotopic (exact) mass is 488 g/mol. The lowest BCUT2D eigenvalue weighted by atomic mass is 9.38. The molecule has 0 radical (unpaired) electrons. The Balaban J connectivity index is 1.57. The van der Waals surface area contributed by atoms with Crippen molar-refractivity contribution in [1.82, 2.24) is 0 Å². The number of ether oxygens (including phenoxy) is 2. The fraction of sp³-hybridized carbons (Fsp3) is 0.900. The number of esters is 2. The van der Waals surface area contributed by atoms with Crippen LogP contribution in [0.4, 0.5) is 0 Å². The van der Waals surface area contributed by atoms with E-state index in [0.717, 1.165) is 19.3 Å². The molecule has 0 spiro atoms. The number of hydrogen-bond acceptors (Lipinski definition) is 5. The van der Waals surface area contributed by atoms with Crippen molar-refractivity contribution in [2.45, 2.75) is 112 Å². The van der Waals surface area contributed by atoms with Gasteiger partial charge >= 0.3 is 11.9 Å². The summed E-state index contributed by atoms with van der Waals surface area (Å²) in [6, 6.07) is 0. The quantitative estimate of drug-likeness (QED) is 0.332. The highest BCUT2D eigenvalue weighted by atomic mass is 16.5. The van der Waals surface area contributed by atoms with Crippen LogP contribution in [0.15, 0.2) is 0 Å². The van der Waals surface area contributed by atoms with Gasteiger partial charge in [0, 0.05) is 18.8 Å². The highest BCUT2D eigenvalue weighted by molar-refractivity contribution is 6.33. The van der Waals surface area contributed by atoms with Crippen molar-refractivity contribution in [3.63, 3.8) is 0 Å². The normalized spacial score (nSPS) is 44.9. The summed E-state index contributed by atoms with van der Waals surface area (Å²) in [5.74, 6) is 1.36. The summed E-state index contributed by atoms with van der Waals surface area (Å²) in [5, 5.41) is 0. The highest BCUT2D eigenvalue weighted by Crippen LogP contribution is 2.74. The standard InChI is InChI=1S/C30H48O5/c1-18(17-23(32)26(33)34-8)20-11-15-30(7)22-9-10-24-27(3,4)25(35-19(2)31)13-14-28(24,5)21(22)12-16-29(20,30)6/h18,20-22,24-25H,9-17H2,1-8H3/t18-,20?,21?,22?,24?,25+,28-,29-,30+/m1/s1. The molecule has 4 fully saturated rings. The molecule has 5 nitrogen and oxygen atoms in total. The van der Waals surface area contributed by atoms with Crippen molar-refractivity contribution in [1.29, 1.82) is 0 Å². The molecule has 0 aromatic carbocycles. The van der Waals surface area contributed by atoms with E-state index < -0.39 is 5.97 Å². The van der Waals surface area contributed by atoms with Crippen molar-refractivity contribution in [2.24, 2.45) is 51.2 Å². The number of hydrogen-bond donors (Lipinski definition) is 0. The van der Waals surface area contributed by atoms with Crippen molar-refractivity contribution >= 4 is 17.7 Å². The zero-order valence-electron chi connectivity index (χ0n) is 23.4. The topological polar surface area (TPSA) is 69.7 Å². The molecule has 4 rings (SSSR count). The van der Waals surface area contributed by atoms with Gasteiger partial charge in [-0.3, -0.25) is 9.59 Å². The fourth-order valence-electron chi connectivity index (χ4n) is 10.5. The predicted octanol–water partition coefficient (Wildman–Crippen LogP) is 6.37. The zero-order chi connectivity index (χ0) is 26.0. The predicted molar refractivity (Wildman–Crippen MR) is 135 cm³/mol. The molecule has 0 aromatic rings. The Hall–Kier alpha value is -1.39. The maximum atomic E-state index is 12.4. The van der Waals surface area contributed by atoms with Crippen LogP contribution in [-0.2, 0) is 23.9 Å². The second-order valence-corrected chi connectivity index (χ2v) is 13.9. The smallest absolute Gasteiger partial charge is 0.374 e. The first-order valence-electron chi connectivity index (χ1n) is 14.0. The van der Waals surface area contributed by atoms with Crippen LogP contribution in [0.2, 0.25) is 0 Å². The molecule has 4 unspecified atom stereocenters. The molecule has 0 N–H and O–H groups in total. The van der Waals surface area contributed by atoms with E-state index in [-0.39, 0.29) is 45.4 Å². The van der Waals surface area contributed by atoms with Gasteiger partial charge in [-0.25, -0.2) is 4.79 Å². The second kappa shape index (κ2) is 8.87. The Bertz CT molecular complexity index is 878. The van der Waals surface area contributed by atoms with E-state index in [9.17, 15) is 14.4 Å². The molecule has 0 aromatic heterocycles. The van der Waals surface area contributed by atoms with Crippen LogP contribution >= 0.6 is 0 Å². The first-order valence-corrected chi connectivity index (χ1v) is 14.0. The summed E-state index contributed by atoms with van der Waals surface area (Å²) in [7, 11) is 1.29. The van der Waals surface area contributed by atoms with Gasteiger partial charge in [-0.2, -0.15) is 0 Å². The van der Waals surface area contributed by atoms with Gasteiger partial charge in [0.1, 0.15) is 6.10 Å². The molecule has 0 saturated heterocycles. The molecule has 4 saturated carbocycles. The minimum atomic E-state index is -0.704. The van der Waals surface area contributed by atoms with Gasteiger partial charge in [0.15, 0.2) is 0 Å². The molecule has 0 aliphatic heterocycles. The van der Waals surface area contributed by atoms with Crippen molar-refractivity contribution in [3.05, 3.63) is 0 Å². The number of Topliss-reactive ketones (excluding diaryl/α,β-unsaturated/α-hetero) is 1. The van der Waals surface area contributed by atoms with Gasteiger partial charge in [0.25, 0.3) is 0 Å². The average Bonchev–Trinajstić information content (AvgIpc) is 3.06. The summed E-state index contributed by atoms with van der Waals surface area (Å²) in [4.78, 5) is 35.9. The summed E-state index contributed by atoms with van der Waals surface area (Å²) in [5.41, 5.74) is 0.718. The van der Waals surface area contributed by atoms with Crippen LogP contribution < -0.4 is 0 Å². The summed E-state index contributed by atoms with van der Waals surface area (Å²) in [6.45, 7) is 16.0. The van der Waals surface area contributed by atoms with E-state index in [2.05, 4.69) is 46.3 Å². The molecule has 5 heteroatoms. The molecule has 0 heterocycles. The minimum absolute atomic E-state index is 0.00767. The number of rotatable bonds is 5. The maximum Gasteiger partial charge on any atom is 0.374 e.